The molecule has 0 radical (unpaired) electrons. The summed E-state index contributed by atoms with van der Waals surface area (Å²) in [6.45, 7) is 5.79. The Bertz CT molecular complexity index is 149. The highest BCUT2D eigenvalue weighted by molar-refractivity contribution is 5.83. The lowest BCUT2D eigenvalue weighted by atomic mass is 9.94. The second kappa shape index (κ2) is 3.00. The molecular formula is C9H14O. The van der Waals surface area contributed by atoms with E-state index < -0.39 is 0 Å². The second-order valence-corrected chi connectivity index (χ2v) is 3.11. The van der Waals surface area contributed by atoms with Crippen LogP contribution in [-0.2, 0) is 4.79 Å². The van der Waals surface area contributed by atoms with Crippen LogP contribution in [0, 0.1) is 11.8 Å². The van der Waals surface area contributed by atoms with Gasteiger partial charge in [0.15, 0.2) is 0 Å². The Morgan fingerprint density at radius 2 is 2.50 bits per heavy atom. The van der Waals surface area contributed by atoms with Crippen molar-refractivity contribution in [2.75, 3.05) is 0 Å². The number of carbonyl (C=O) groups is 1. The van der Waals surface area contributed by atoms with Crippen molar-refractivity contribution in [3.63, 3.8) is 0 Å². The molecule has 1 aliphatic rings. The van der Waals surface area contributed by atoms with Crippen LogP contribution in [0.25, 0.3) is 0 Å². The van der Waals surface area contributed by atoms with E-state index in [0.717, 1.165) is 19.3 Å². The summed E-state index contributed by atoms with van der Waals surface area (Å²) >= 11 is 0. The zero-order valence-corrected chi connectivity index (χ0v) is 6.47. The Morgan fingerprint density at radius 3 is 2.90 bits per heavy atom. The zero-order valence-electron chi connectivity index (χ0n) is 6.47. The van der Waals surface area contributed by atoms with Crippen molar-refractivity contribution in [2.24, 2.45) is 11.8 Å². The Morgan fingerprint density at radius 1 is 1.80 bits per heavy atom. The van der Waals surface area contributed by atoms with E-state index in [-0.39, 0.29) is 5.92 Å². The molecule has 0 amide bonds. The van der Waals surface area contributed by atoms with E-state index in [1.165, 1.54) is 0 Å². The molecule has 1 aliphatic carbocycles. The van der Waals surface area contributed by atoms with Crippen LogP contribution in [0.2, 0.25) is 0 Å². The maximum atomic E-state index is 11.1. The molecule has 0 saturated heterocycles. The fraction of sp³-hybridized carbons (Fsp3) is 0.667. The third-order valence-corrected chi connectivity index (χ3v) is 2.37. The first kappa shape index (κ1) is 7.52. The van der Waals surface area contributed by atoms with Gasteiger partial charge in [0.1, 0.15) is 5.78 Å². The predicted molar refractivity (Wildman–Crippen MR) is 41.7 cm³/mol. The zero-order chi connectivity index (χ0) is 7.56. The Kier molecular flexibility index (Phi) is 2.25. The molecule has 2 unspecified atom stereocenters. The summed E-state index contributed by atoms with van der Waals surface area (Å²) in [6.07, 6.45) is 4.60. The third kappa shape index (κ3) is 1.28. The minimum atomic E-state index is 0.289. The smallest absolute Gasteiger partial charge is 0.136 e. The van der Waals surface area contributed by atoms with Crippen LogP contribution >= 0.6 is 0 Å². The fourth-order valence-electron chi connectivity index (χ4n) is 1.62. The number of hydrogen-bond acceptors (Lipinski definition) is 1. The van der Waals surface area contributed by atoms with E-state index >= 15 is 0 Å². The first-order valence-electron chi connectivity index (χ1n) is 3.89. The summed E-state index contributed by atoms with van der Waals surface area (Å²) in [7, 11) is 0. The summed E-state index contributed by atoms with van der Waals surface area (Å²) in [5.74, 6) is 1.32. The van der Waals surface area contributed by atoms with E-state index in [4.69, 9.17) is 0 Å². The van der Waals surface area contributed by atoms with Crippen LogP contribution in [-0.4, -0.2) is 5.78 Å². The number of ketones is 1. The summed E-state index contributed by atoms with van der Waals surface area (Å²) in [5.41, 5.74) is 0. The molecule has 1 rings (SSSR count). The van der Waals surface area contributed by atoms with Gasteiger partial charge in [0, 0.05) is 12.3 Å². The van der Waals surface area contributed by atoms with Crippen LogP contribution in [0.4, 0.5) is 0 Å². The van der Waals surface area contributed by atoms with E-state index in [9.17, 15) is 4.79 Å². The van der Waals surface area contributed by atoms with E-state index in [1.54, 1.807) is 0 Å². The molecule has 1 saturated carbocycles. The van der Waals surface area contributed by atoms with E-state index in [1.807, 2.05) is 6.08 Å². The molecule has 0 aromatic carbocycles. The maximum absolute atomic E-state index is 11.1. The summed E-state index contributed by atoms with van der Waals surface area (Å²) in [4.78, 5) is 11.1. The molecule has 1 fully saturated rings. The van der Waals surface area contributed by atoms with Crippen LogP contribution in [0.5, 0.6) is 0 Å². The third-order valence-electron chi connectivity index (χ3n) is 2.37. The molecule has 0 aromatic rings. The highest BCUT2D eigenvalue weighted by Gasteiger charge is 2.29. The molecule has 0 aliphatic heterocycles. The van der Waals surface area contributed by atoms with Gasteiger partial charge in [-0.05, 0) is 18.8 Å². The molecule has 10 heavy (non-hydrogen) atoms. The molecule has 0 heterocycles. The minimum Gasteiger partial charge on any atom is -0.299 e. The van der Waals surface area contributed by atoms with Gasteiger partial charge < -0.3 is 0 Å². The lowest BCUT2D eigenvalue weighted by Gasteiger charge is -2.09. The lowest BCUT2D eigenvalue weighted by Crippen LogP contribution is -2.10. The number of hydrogen-bond donors (Lipinski definition) is 0. The van der Waals surface area contributed by atoms with Crippen LogP contribution < -0.4 is 0 Å². The molecule has 2 atom stereocenters. The SMILES string of the molecule is C=CCC1C(=O)CCC1C. The number of carbonyl (C=O) groups excluding carboxylic acids is 1. The highest BCUT2D eigenvalue weighted by Crippen LogP contribution is 2.30. The Labute approximate surface area is 62.1 Å². The van der Waals surface area contributed by atoms with Gasteiger partial charge in [0.25, 0.3) is 0 Å². The first-order chi connectivity index (χ1) is 4.75. The van der Waals surface area contributed by atoms with Crippen molar-refractivity contribution in [1.82, 2.24) is 0 Å². The molecule has 1 heteroatoms. The molecule has 56 valence electrons. The monoisotopic (exact) mass is 138 g/mol. The number of allylic oxidation sites excluding steroid dienone is 1. The normalized spacial score (nSPS) is 32.7. The quantitative estimate of drug-likeness (QED) is 0.534. The number of Topliss-reactive ketones (excluding diaryl/α,β-unsaturated/α-hetero) is 1. The predicted octanol–water partition coefficient (Wildman–Crippen LogP) is 2.18. The maximum Gasteiger partial charge on any atom is 0.136 e. The van der Waals surface area contributed by atoms with Crippen LogP contribution in [0.1, 0.15) is 26.2 Å². The van der Waals surface area contributed by atoms with Crippen molar-refractivity contribution in [3.8, 4) is 0 Å². The van der Waals surface area contributed by atoms with Crippen LogP contribution in [0.15, 0.2) is 12.7 Å². The summed E-state index contributed by atoms with van der Waals surface area (Å²) in [5, 5.41) is 0. The van der Waals surface area contributed by atoms with Gasteiger partial charge in [-0.2, -0.15) is 0 Å². The standard InChI is InChI=1S/C9H14O/c1-3-4-8-7(2)5-6-9(8)10/h3,7-8H,1,4-6H2,2H3. The molecule has 0 aromatic heterocycles. The summed E-state index contributed by atoms with van der Waals surface area (Å²) < 4.78 is 0. The average molecular weight is 138 g/mol. The van der Waals surface area contributed by atoms with Crippen molar-refractivity contribution in [2.45, 2.75) is 26.2 Å². The molecule has 0 bridgehead atoms. The molecule has 0 N–H and O–H groups in total. The minimum absolute atomic E-state index is 0.289. The lowest BCUT2D eigenvalue weighted by molar-refractivity contribution is -0.121. The van der Waals surface area contributed by atoms with Crippen molar-refractivity contribution < 1.29 is 4.79 Å². The Balaban J connectivity index is 2.53. The van der Waals surface area contributed by atoms with Crippen molar-refractivity contribution in [3.05, 3.63) is 12.7 Å². The molecule has 1 nitrogen and oxygen atoms in total. The summed E-state index contributed by atoms with van der Waals surface area (Å²) in [6, 6.07) is 0. The van der Waals surface area contributed by atoms with Gasteiger partial charge in [-0.3, -0.25) is 4.79 Å². The van der Waals surface area contributed by atoms with Gasteiger partial charge in [0.05, 0.1) is 0 Å². The van der Waals surface area contributed by atoms with E-state index in [0.29, 0.717) is 11.7 Å². The fourth-order valence-corrected chi connectivity index (χ4v) is 1.62. The van der Waals surface area contributed by atoms with Gasteiger partial charge in [-0.1, -0.05) is 13.0 Å². The molecule has 0 spiro atoms. The van der Waals surface area contributed by atoms with Crippen molar-refractivity contribution >= 4 is 5.78 Å². The van der Waals surface area contributed by atoms with Gasteiger partial charge >= 0.3 is 0 Å². The van der Waals surface area contributed by atoms with Crippen LogP contribution in [0.3, 0.4) is 0 Å². The second-order valence-electron chi connectivity index (χ2n) is 3.11. The van der Waals surface area contributed by atoms with Crippen molar-refractivity contribution in [1.29, 1.82) is 0 Å². The largest absolute Gasteiger partial charge is 0.299 e. The van der Waals surface area contributed by atoms with Gasteiger partial charge in [-0.15, -0.1) is 6.58 Å². The average Bonchev–Trinajstić information content (AvgIpc) is 2.20. The van der Waals surface area contributed by atoms with E-state index in [2.05, 4.69) is 13.5 Å². The number of rotatable bonds is 2. The highest BCUT2D eigenvalue weighted by atomic mass is 16.1. The first-order valence-corrected chi connectivity index (χ1v) is 3.89. The topological polar surface area (TPSA) is 17.1 Å². The van der Waals surface area contributed by atoms with Gasteiger partial charge in [-0.25, -0.2) is 0 Å². The van der Waals surface area contributed by atoms with Gasteiger partial charge in [0.2, 0.25) is 0 Å². The molecular weight excluding hydrogens is 124 g/mol. The Hall–Kier alpha value is -0.590.